The Hall–Kier alpha value is -3.58. The van der Waals surface area contributed by atoms with Gasteiger partial charge in [-0.25, -0.2) is 0 Å². The third-order valence-electron chi connectivity index (χ3n) is 5.17. The van der Waals surface area contributed by atoms with E-state index < -0.39 is 0 Å². The number of hydrogen-bond donors (Lipinski definition) is 1. The Kier molecular flexibility index (Phi) is 7.76. The van der Waals surface area contributed by atoms with E-state index in [0.29, 0.717) is 48.3 Å². The molecule has 1 amide bonds. The van der Waals surface area contributed by atoms with Crippen LogP contribution < -0.4 is 19.5 Å². The zero-order chi connectivity index (χ0) is 22.9. The summed E-state index contributed by atoms with van der Waals surface area (Å²) in [5, 5.41) is 2.92. The Morgan fingerprint density at radius 1 is 1.09 bits per heavy atom. The van der Waals surface area contributed by atoms with Crippen LogP contribution in [0.25, 0.3) is 0 Å². The number of rotatable bonds is 10. The molecule has 7 nitrogen and oxygen atoms in total. The minimum atomic E-state index is -0.244. The molecule has 33 heavy (non-hydrogen) atoms. The van der Waals surface area contributed by atoms with Gasteiger partial charge in [0.1, 0.15) is 19.0 Å². The van der Waals surface area contributed by atoms with Crippen LogP contribution in [0.3, 0.4) is 0 Å². The van der Waals surface area contributed by atoms with Crippen molar-refractivity contribution >= 4 is 11.6 Å². The highest BCUT2D eigenvalue weighted by atomic mass is 16.5. The maximum Gasteiger partial charge on any atom is 0.255 e. The van der Waals surface area contributed by atoms with Gasteiger partial charge < -0.3 is 24.3 Å². The van der Waals surface area contributed by atoms with Gasteiger partial charge >= 0.3 is 0 Å². The lowest BCUT2D eigenvalue weighted by atomic mass is 10.1. The zero-order valence-electron chi connectivity index (χ0n) is 18.7. The lowest BCUT2D eigenvalue weighted by Gasteiger charge is -2.14. The summed E-state index contributed by atoms with van der Waals surface area (Å²) in [4.78, 5) is 17.0. The molecule has 1 N–H and O–H groups in total. The molecule has 0 radical (unpaired) electrons. The van der Waals surface area contributed by atoms with E-state index in [4.69, 9.17) is 18.9 Å². The predicted molar refractivity (Wildman–Crippen MR) is 125 cm³/mol. The fourth-order valence-corrected chi connectivity index (χ4v) is 3.51. The Labute approximate surface area is 193 Å². The zero-order valence-corrected chi connectivity index (χ0v) is 18.7. The molecular weight excluding hydrogens is 420 g/mol. The number of anilines is 1. The van der Waals surface area contributed by atoms with E-state index in [2.05, 4.69) is 10.3 Å². The van der Waals surface area contributed by atoms with Gasteiger partial charge in [-0.3, -0.25) is 9.78 Å². The first-order valence-electron chi connectivity index (χ1n) is 11.2. The second-order valence-corrected chi connectivity index (χ2v) is 7.67. The van der Waals surface area contributed by atoms with Gasteiger partial charge in [0.2, 0.25) is 0 Å². The fourth-order valence-electron chi connectivity index (χ4n) is 3.51. The SMILES string of the molecule is CCOc1cc(C(=O)Nc2cccc(OCC3CCCO3)c2)ccc1OCc1cccnc1. The van der Waals surface area contributed by atoms with Gasteiger partial charge in [0.25, 0.3) is 5.91 Å². The second kappa shape index (κ2) is 11.3. The van der Waals surface area contributed by atoms with Crippen molar-refractivity contribution in [1.82, 2.24) is 4.98 Å². The molecule has 0 bridgehead atoms. The van der Waals surface area contributed by atoms with E-state index in [-0.39, 0.29) is 12.0 Å². The van der Waals surface area contributed by atoms with Crippen LogP contribution in [0, 0.1) is 0 Å². The lowest BCUT2D eigenvalue weighted by Crippen LogP contribution is -2.16. The molecule has 1 fully saturated rings. The van der Waals surface area contributed by atoms with Crippen LogP contribution >= 0.6 is 0 Å². The van der Waals surface area contributed by atoms with Crippen LogP contribution in [0.1, 0.15) is 35.7 Å². The first-order chi connectivity index (χ1) is 16.2. The average Bonchev–Trinajstić information content (AvgIpc) is 3.37. The Balaban J connectivity index is 1.40. The van der Waals surface area contributed by atoms with E-state index in [1.54, 1.807) is 30.6 Å². The van der Waals surface area contributed by atoms with Crippen molar-refractivity contribution in [2.24, 2.45) is 0 Å². The largest absolute Gasteiger partial charge is 0.491 e. The van der Waals surface area contributed by atoms with Gasteiger partial charge in [-0.1, -0.05) is 12.1 Å². The molecule has 3 aromatic rings. The van der Waals surface area contributed by atoms with Crippen LogP contribution in [0.5, 0.6) is 17.2 Å². The van der Waals surface area contributed by atoms with Crippen LogP contribution in [0.15, 0.2) is 67.0 Å². The molecule has 2 aromatic carbocycles. The number of carbonyl (C=O) groups excluding carboxylic acids is 1. The third-order valence-corrected chi connectivity index (χ3v) is 5.17. The molecule has 0 aliphatic carbocycles. The van der Waals surface area contributed by atoms with Gasteiger partial charge in [0.05, 0.1) is 12.7 Å². The molecule has 0 spiro atoms. The number of hydrogen-bond acceptors (Lipinski definition) is 6. The van der Waals surface area contributed by atoms with E-state index in [9.17, 15) is 4.79 Å². The highest BCUT2D eigenvalue weighted by Gasteiger charge is 2.16. The number of aromatic nitrogens is 1. The van der Waals surface area contributed by atoms with E-state index >= 15 is 0 Å². The first-order valence-corrected chi connectivity index (χ1v) is 11.2. The molecule has 0 saturated carbocycles. The Bertz CT molecular complexity index is 1050. The van der Waals surface area contributed by atoms with Crippen molar-refractivity contribution in [2.45, 2.75) is 32.5 Å². The molecule has 4 rings (SSSR count). The molecule has 1 unspecified atom stereocenters. The van der Waals surface area contributed by atoms with Gasteiger partial charge in [0.15, 0.2) is 11.5 Å². The summed E-state index contributed by atoms with van der Waals surface area (Å²) in [6.45, 7) is 4.01. The minimum Gasteiger partial charge on any atom is -0.491 e. The monoisotopic (exact) mass is 448 g/mol. The highest BCUT2D eigenvalue weighted by Crippen LogP contribution is 2.30. The molecule has 1 aliphatic rings. The van der Waals surface area contributed by atoms with Crippen LogP contribution in [-0.2, 0) is 11.3 Å². The summed E-state index contributed by atoms with van der Waals surface area (Å²) in [6, 6.07) is 16.3. The topological polar surface area (TPSA) is 78.9 Å². The number of benzene rings is 2. The second-order valence-electron chi connectivity index (χ2n) is 7.67. The van der Waals surface area contributed by atoms with E-state index in [1.165, 1.54) is 0 Å². The number of pyridine rings is 1. The molecular formula is C26H28N2O5. The van der Waals surface area contributed by atoms with Gasteiger partial charge in [-0.15, -0.1) is 0 Å². The number of ether oxygens (including phenoxy) is 4. The van der Waals surface area contributed by atoms with Gasteiger partial charge in [-0.2, -0.15) is 0 Å². The van der Waals surface area contributed by atoms with Gasteiger partial charge in [0, 0.05) is 41.9 Å². The van der Waals surface area contributed by atoms with Crippen molar-refractivity contribution < 1.29 is 23.7 Å². The maximum absolute atomic E-state index is 12.9. The normalized spacial score (nSPS) is 15.1. The average molecular weight is 449 g/mol. The smallest absolute Gasteiger partial charge is 0.255 e. The fraction of sp³-hybridized carbons (Fsp3) is 0.308. The quantitative estimate of drug-likeness (QED) is 0.477. The van der Waals surface area contributed by atoms with Crippen molar-refractivity contribution in [2.75, 3.05) is 25.1 Å². The molecule has 1 saturated heterocycles. The van der Waals surface area contributed by atoms with Crippen molar-refractivity contribution in [1.29, 1.82) is 0 Å². The van der Waals surface area contributed by atoms with Crippen molar-refractivity contribution in [3.8, 4) is 17.2 Å². The number of amides is 1. The minimum absolute atomic E-state index is 0.138. The molecule has 1 aromatic heterocycles. The van der Waals surface area contributed by atoms with Crippen LogP contribution in [0.2, 0.25) is 0 Å². The summed E-state index contributed by atoms with van der Waals surface area (Å²) in [5.41, 5.74) is 2.07. The number of nitrogens with zero attached hydrogens (tertiary/aromatic N) is 1. The van der Waals surface area contributed by atoms with Gasteiger partial charge in [-0.05, 0) is 56.2 Å². The summed E-state index contributed by atoms with van der Waals surface area (Å²) in [5.74, 6) is 1.54. The molecule has 1 atom stereocenters. The maximum atomic E-state index is 12.9. The summed E-state index contributed by atoms with van der Waals surface area (Å²) < 4.78 is 23.0. The third kappa shape index (κ3) is 6.46. The van der Waals surface area contributed by atoms with E-state index in [0.717, 1.165) is 25.0 Å². The predicted octanol–water partition coefficient (Wildman–Crippen LogP) is 4.87. The standard InChI is InChI=1S/C26H28N2O5/c1-2-30-25-14-20(10-11-24(25)33-17-19-6-4-12-27-16-19)26(29)28-21-7-3-8-22(15-21)32-18-23-9-5-13-31-23/h3-4,6-8,10-12,14-16,23H,2,5,9,13,17-18H2,1H3,(H,28,29). The van der Waals surface area contributed by atoms with Crippen LogP contribution in [0.4, 0.5) is 5.69 Å². The highest BCUT2D eigenvalue weighted by molar-refractivity contribution is 6.04. The van der Waals surface area contributed by atoms with Crippen LogP contribution in [-0.4, -0.2) is 36.8 Å². The van der Waals surface area contributed by atoms with E-state index in [1.807, 2.05) is 43.3 Å². The molecule has 7 heteroatoms. The number of nitrogens with one attached hydrogen (secondary N) is 1. The van der Waals surface area contributed by atoms with Crippen molar-refractivity contribution in [3.05, 3.63) is 78.1 Å². The summed E-state index contributed by atoms with van der Waals surface area (Å²) >= 11 is 0. The summed E-state index contributed by atoms with van der Waals surface area (Å²) in [7, 11) is 0. The Morgan fingerprint density at radius 3 is 2.82 bits per heavy atom. The first kappa shape index (κ1) is 22.6. The Morgan fingerprint density at radius 2 is 2.03 bits per heavy atom. The number of carbonyl (C=O) groups is 1. The molecule has 1 aliphatic heterocycles. The van der Waals surface area contributed by atoms with Crippen molar-refractivity contribution in [3.63, 3.8) is 0 Å². The summed E-state index contributed by atoms with van der Waals surface area (Å²) in [6.07, 6.45) is 5.69. The molecule has 172 valence electrons. The molecule has 2 heterocycles. The lowest BCUT2D eigenvalue weighted by molar-refractivity contribution is 0.0680.